The van der Waals surface area contributed by atoms with Gasteiger partial charge in [0.25, 0.3) is 10.0 Å². The summed E-state index contributed by atoms with van der Waals surface area (Å²) >= 11 is 5.93. The molecule has 0 unspecified atom stereocenters. The Morgan fingerprint density at radius 1 is 1.10 bits per heavy atom. The van der Waals surface area contributed by atoms with Gasteiger partial charge in [-0.05, 0) is 29.8 Å². The maximum atomic E-state index is 12.9. The molecule has 0 fully saturated rings. The monoisotopic (exact) mass is 322 g/mol. The Morgan fingerprint density at radius 3 is 2.71 bits per heavy atom. The van der Waals surface area contributed by atoms with Gasteiger partial charge in [0.1, 0.15) is 0 Å². The minimum absolute atomic E-state index is 0.215. The van der Waals surface area contributed by atoms with Gasteiger partial charge in [0.2, 0.25) is 0 Å². The SMILES string of the molecule is O=S(=O)(c1cccc(Cl)c1)N1CCNCc2ccccc21. The average molecular weight is 323 g/mol. The van der Waals surface area contributed by atoms with Crippen LogP contribution in [0.3, 0.4) is 0 Å². The third-order valence-electron chi connectivity index (χ3n) is 3.45. The zero-order valence-corrected chi connectivity index (χ0v) is 12.9. The first-order valence-corrected chi connectivity index (χ1v) is 8.48. The van der Waals surface area contributed by atoms with Crippen LogP contribution in [0.1, 0.15) is 5.56 Å². The molecule has 0 aromatic heterocycles. The van der Waals surface area contributed by atoms with Gasteiger partial charge in [-0.1, -0.05) is 35.9 Å². The molecule has 0 amide bonds. The standard InChI is InChI=1S/C15H15ClN2O2S/c16-13-5-3-6-14(10-13)21(19,20)18-9-8-17-11-12-4-1-2-7-15(12)18/h1-7,10,17H,8-9,11H2. The molecule has 0 aliphatic carbocycles. The van der Waals surface area contributed by atoms with Crippen molar-refractivity contribution in [1.29, 1.82) is 0 Å². The van der Waals surface area contributed by atoms with Crippen LogP contribution >= 0.6 is 11.6 Å². The van der Waals surface area contributed by atoms with Crippen molar-refractivity contribution in [2.24, 2.45) is 0 Å². The maximum Gasteiger partial charge on any atom is 0.264 e. The van der Waals surface area contributed by atoms with Crippen LogP contribution in [0, 0.1) is 0 Å². The number of para-hydroxylation sites is 1. The van der Waals surface area contributed by atoms with Crippen LogP contribution in [0.5, 0.6) is 0 Å². The van der Waals surface area contributed by atoms with Crippen LogP contribution in [0.4, 0.5) is 5.69 Å². The van der Waals surface area contributed by atoms with Crippen LogP contribution in [0.15, 0.2) is 53.4 Å². The van der Waals surface area contributed by atoms with Crippen LogP contribution in [0.25, 0.3) is 0 Å². The molecule has 0 saturated carbocycles. The van der Waals surface area contributed by atoms with Crippen LogP contribution in [-0.4, -0.2) is 21.5 Å². The van der Waals surface area contributed by atoms with E-state index in [1.54, 1.807) is 18.2 Å². The molecule has 1 heterocycles. The second-order valence-corrected chi connectivity index (χ2v) is 7.14. The fourth-order valence-electron chi connectivity index (χ4n) is 2.43. The van der Waals surface area contributed by atoms with Gasteiger partial charge in [-0.15, -0.1) is 0 Å². The van der Waals surface area contributed by atoms with E-state index in [0.29, 0.717) is 24.7 Å². The van der Waals surface area contributed by atoms with Gasteiger partial charge < -0.3 is 5.32 Å². The quantitative estimate of drug-likeness (QED) is 0.924. The summed E-state index contributed by atoms with van der Waals surface area (Å²) in [5.41, 5.74) is 1.70. The van der Waals surface area contributed by atoms with E-state index in [2.05, 4.69) is 5.32 Å². The van der Waals surface area contributed by atoms with Crippen molar-refractivity contribution in [2.45, 2.75) is 11.4 Å². The molecule has 1 aliphatic rings. The number of hydrogen-bond acceptors (Lipinski definition) is 3. The lowest BCUT2D eigenvalue weighted by Crippen LogP contribution is -2.34. The van der Waals surface area contributed by atoms with E-state index in [1.807, 2.05) is 24.3 Å². The van der Waals surface area contributed by atoms with Crippen molar-refractivity contribution in [3.63, 3.8) is 0 Å². The van der Waals surface area contributed by atoms with Crippen molar-refractivity contribution in [2.75, 3.05) is 17.4 Å². The molecular weight excluding hydrogens is 308 g/mol. The van der Waals surface area contributed by atoms with Gasteiger partial charge in [0.05, 0.1) is 10.6 Å². The highest BCUT2D eigenvalue weighted by Gasteiger charge is 2.27. The van der Waals surface area contributed by atoms with E-state index in [1.165, 1.54) is 10.4 Å². The number of sulfonamides is 1. The predicted molar refractivity (Wildman–Crippen MR) is 84.1 cm³/mol. The molecular formula is C15H15ClN2O2S. The van der Waals surface area contributed by atoms with Crippen molar-refractivity contribution >= 4 is 27.3 Å². The van der Waals surface area contributed by atoms with Gasteiger partial charge in [-0.2, -0.15) is 0 Å². The van der Waals surface area contributed by atoms with Crippen LogP contribution < -0.4 is 9.62 Å². The number of rotatable bonds is 2. The lowest BCUT2D eigenvalue weighted by Gasteiger charge is -2.24. The highest BCUT2D eigenvalue weighted by Crippen LogP contribution is 2.29. The van der Waals surface area contributed by atoms with Crippen molar-refractivity contribution in [3.05, 3.63) is 59.1 Å². The molecule has 110 valence electrons. The summed E-state index contributed by atoms with van der Waals surface area (Å²) in [5.74, 6) is 0. The predicted octanol–water partition coefficient (Wildman–Crippen LogP) is 2.64. The molecule has 2 aromatic carbocycles. The number of benzene rings is 2. The number of nitrogens with one attached hydrogen (secondary N) is 1. The zero-order valence-electron chi connectivity index (χ0n) is 11.3. The molecule has 3 rings (SSSR count). The van der Waals surface area contributed by atoms with E-state index < -0.39 is 10.0 Å². The summed E-state index contributed by atoms with van der Waals surface area (Å²) in [7, 11) is -3.61. The molecule has 1 aliphatic heterocycles. The van der Waals surface area contributed by atoms with Crippen LogP contribution in [0.2, 0.25) is 5.02 Å². The first kappa shape index (κ1) is 14.4. The highest BCUT2D eigenvalue weighted by atomic mass is 35.5. The summed E-state index contributed by atoms with van der Waals surface area (Å²) in [6.07, 6.45) is 0. The summed E-state index contributed by atoms with van der Waals surface area (Å²) in [6.45, 7) is 1.66. The molecule has 21 heavy (non-hydrogen) atoms. The Labute approximate surface area is 129 Å². The smallest absolute Gasteiger partial charge is 0.264 e. The molecule has 0 spiro atoms. The third kappa shape index (κ3) is 2.77. The second kappa shape index (κ2) is 5.67. The number of halogens is 1. The zero-order chi connectivity index (χ0) is 14.9. The molecule has 4 nitrogen and oxygen atoms in total. The third-order valence-corrected chi connectivity index (χ3v) is 5.50. The Bertz CT molecular complexity index is 762. The lowest BCUT2D eigenvalue weighted by molar-refractivity contribution is 0.589. The molecule has 6 heteroatoms. The Morgan fingerprint density at radius 2 is 1.90 bits per heavy atom. The second-order valence-electron chi connectivity index (χ2n) is 4.84. The Kier molecular flexibility index (Phi) is 3.89. The van der Waals surface area contributed by atoms with Gasteiger partial charge in [0.15, 0.2) is 0 Å². The van der Waals surface area contributed by atoms with Crippen molar-refractivity contribution in [3.8, 4) is 0 Å². The fourth-order valence-corrected chi connectivity index (χ4v) is 4.24. The first-order valence-electron chi connectivity index (χ1n) is 6.66. The van der Waals surface area contributed by atoms with E-state index in [0.717, 1.165) is 11.3 Å². The van der Waals surface area contributed by atoms with Crippen molar-refractivity contribution < 1.29 is 8.42 Å². The summed E-state index contributed by atoms with van der Waals surface area (Å²) in [5, 5.41) is 3.65. The fraction of sp³-hybridized carbons (Fsp3) is 0.200. The van der Waals surface area contributed by atoms with E-state index in [4.69, 9.17) is 11.6 Å². The summed E-state index contributed by atoms with van der Waals surface area (Å²) in [6, 6.07) is 13.9. The Hall–Kier alpha value is -1.56. The number of anilines is 1. The summed E-state index contributed by atoms with van der Waals surface area (Å²) in [4.78, 5) is 0.215. The summed E-state index contributed by atoms with van der Waals surface area (Å²) < 4.78 is 27.2. The normalized spacial score (nSPS) is 15.4. The maximum absolute atomic E-state index is 12.9. The molecule has 0 radical (unpaired) electrons. The number of fused-ring (bicyclic) bond motifs is 1. The first-order chi connectivity index (χ1) is 10.1. The van der Waals surface area contributed by atoms with Gasteiger partial charge in [-0.3, -0.25) is 4.31 Å². The van der Waals surface area contributed by atoms with Gasteiger partial charge in [0, 0.05) is 24.7 Å². The number of nitrogens with zero attached hydrogens (tertiary/aromatic N) is 1. The molecule has 0 bridgehead atoms. The topological polar surface area (TPSA) is 49.4 Å². The Balaban J connectivity index is 2.11. The molecule has 1 N–H and O–H groups in total. The van der Waals surface area contributed by atoms with E-state index in [9.17, 15) is 8.42 Å². The van der Waals surface area contributed by atoms with Crippen molar-refractivity contribution in [1.82, 2.24) is 5.32 Å². The van der Waals surface area contributed by atoms with Crippen LogP contribution in [-0.2, 0) is 16.6 Å². The van der Waals surface area contributed by atoms with E-state index in [-0.39, 0.29) is 4.90 Å². The molecule has 0 atom stereocenters. The molecule has 2 aromatic rings. The van der Waals surface area contributed by atoms with E-state index >= 15 is 0 Å². The lowest BCUT2D eigenvalue weighted by atomic mass is 10.2. The number of hydrogen-bond donors (Lipinski definition) is 1. The minimum Gasteiger partial charge on any atom is -0.311 e. The average Bonchev–Trinajstić information content (AvgIpc) is 2.70. The molecule has 0 saturated heterocycles. The highest BCUT2D eigenvalue weighted by molar-refractivity contribution is 7.92. The van der Waals surface area contributed by atoms with Gasteiger partial charge in [-0.25, -0.2) is 8.42 Å². The minimum atomic E-state index is -3.61. The largest absolute Gasteiger partial charge is 0.311 e. The van der Waals surface area contributed by atoms with Gasteiger partial charge >= 0.3 is 0 Å².